The zero-order chi connectivity index (χ0) is 20.8. The Hall–Kier alpha value is -3.32. The minimum atomic E-state index is -0.536. The predicted octanol–water partition coefficient (Wildman–Crippen LogP) is 4.39. The van der Waals surface area contributed by atoms with Gasteiger partial charge in [0.25, 0.3) is 0 Å². The van der Waals surface area contributed by atoms with E-state index in [0.29, 0.717) is 27.6 Å². The van der Waals surface area contributed by atoms with Gasteiger partial charge in [-0.2, -0.15) is 5.26 Å². The van der Waals surface area contributed by atoms with E-state index in [-0.39, 0.29) is 10.6 Å². The van der Waals surface area contributed by atoms with Gasteiger partial charge in [-0.15, -0.1) is 6.42 Å². The van der Waals surface area contributed by atoms with Crippen LogP contribution in [0.2, 0.25) is 10.0 Å². The molecule has 0 unspecified atom stereocenters. The van der Waals surface area contributed by atoms with Gasteiger partial charge in [0, 0.05) is 23.3 Å². The summed E-state index contributed by atoms with van der Waals surface area (Å²) in [4.78, 5) is 14.2. The Morgan fingerprint density at radius 3 is 2.54 bits per heavy atom. The number of methoxy groups -OCH3 is 2. The van der Waals surface area contributed by atoms with Gasteiger partial charge in [0.15, 0.2) is 0 Å². The number of anilines is 1. The van der Waals surface area contributed by atoms with Crippen LogP contribution in [0.4, 0.5) is 5.69 Å². The summed E-state index contributed by atoms with van der Waals surface area (Å²) in [5.74, 6) is 2.41. The van der Waals surface area contributed by atoms with Crippen molar-refractivity contribution in [2.45, 2.75) is 0 Å². The molecule has 3 rings (SSSR count). The maximum atomic E-state index is 11.2. The quantitative estimate of drug-likeness (QED) is 0.367. The molecule has 0 atom stereocenters. The molecule has 142 valence electrons. The molecule has 8 heteroatoms. The zero-order valence-corrected chi connectivity index (χ0v) is 16.5. The first-order valence-corrected chi connectivity index (χ1v) is 8.51. The number of carbonyl (C=O) groups is 1. The highest BCUT2D eigenvalue weighted by Crippen LogP contribution is 2.33. The number of ether oxygens (including phenoxy) is 2. The topological polar surface area (TPSA) is 101 Å². The molecule has 1 heterocycles. The molecule has 6 nitrogen and oxygen atoms in total. The van der Waals surface area contributed by atoms with E-state index >= 15 is 0 Å². The summed E-state index contributed by atoms with van der Waals surface area (Å²) in [6.45, 7) is 0. The SMILES string of the molecule is C#Cc1c(N)ccc(C(=O)OC)c1Cl.COc1cc(C#N)c(Cl)c2cc[nH]c12. The van der Waals surface area contributed by atoms with Crippen molar-refractivity contribution >= 4 is 45.8 Å². The van der Waals surface area contributed by atoms with Crippen molar-refractivity contribution in [1.29, 1.82) is 5.26 Å². The number of nitrogens with two attached hydrogens (primary N) is 1. The first kappa shape index (κ1) is 21.0. The van der Waals surface area contributed by atoms with Crippen molar-refractivity contribution in [3.63, 3.8) is 0 Å². The third-order valence-corrected chi connectivity index (χ3v) is 4.61. The van der Waals surface area contributed by atoms with Gasteiger partial charge in [-0.3, -0.25) is 0 Å². The van der Waals surface area contributed by atoms with E-state index in [1.165, 1.54) is 19.2 Å². The molecule has 1 aromatic heterocycles. The lowest BCUT2D eigenvalue weighted by Crippen LogP contribution is -2.04. The van der Waals surface area contributed by atoms with Crippen LogP contribution in [0.1, 0.15) is 21.5 Å². The monoisotopic (exact) mass is 415 g/mol. The molecule has 0 fully saturated rings. The molecule has 0 aliphatic rings. The number of nitrogen functional groups attached to an aromatic ring is 1. The molecule has 0 bridgehead atoms. The Morgan fingerprint density at radius 1 is 1.25 bits per heavy atom. The normalized spacial score (nSPS) is 9.64. The lowest BCUT2D eigenvalue weighted by atomic mass is 10.1. The maximum absolute atomic E-state index is 11.2. The standard InChI is InChI=1S/C10H7ClN2O.C10H8ClNO2/c1-14-8-4-6(5-12)9(11)7-2-3-13-10(7)8;1-3-6-8(12)5-4-7(9(6)11)10(13)14-2/h2-4,13H,1H3;1,4-5H,12H2,2H3. The lowest BCUT2D eigenvalue weighted by molar-refractivity contribution is 0.0601. The van der Waals surface area contributed by atoms with Gasteiger partial charge in [-0.1, -0.05) is 29.1 Å². The number of carbonyl (C=O) groups excluding carboxylic acids is 1. The maximum Gasteiger partial charge on any atom is 0.339 e. The molecule has 0 radical (unpaired) electrons. The Morgan fingerprint density at radius 2 is 1.96 bits per heavy atom. The highest BCUT2D eigenvalue weighted by atomic mass is 35.5. The average molecular weight is 416 g/mol. The van der Waals surface area contributed by atoms with E-state index in [0.717, 1.165) is 10.9 Å². The van der Waals surface area contributed by atoms with Crippen molar-refractivity contribution < 1.29 is 14.3 Å². The number of hydrogen-bond acceptors (Lipinski definition) is 5. The Balaban J connectivity index is 0.000000200. The molecule has 3 N–H and O–H groups in total. The number of H-pyrrole nitrogens is 1. The van der Waals surface area contributed by atoms with E-state index in [4.69, 9.17) is 45.4 Å². The van der Waals surface area contributed by atoms with Gasteiger partial charge in [0.05, 0.1) is 46.5 Å². The predicted molar refractivity (Wildman–Crippen MR) is 110 cm³/mol. The van der Waals surface area contributed by atoms with Crippen LogP contribution in [0.3, 0.4) is 0 Å². The number of benzene rings is 2. The summed E-state index contributed by atoms with van der Waals surface area (Å²) in [6.07, 6.45) is 6.96. The third kappa shape index (κ3) is 3.99. The molecule has 3 aromatic rings. The van der Waals surface area contributed by atoms with Crippen LogP contribution in [0.25, 0.3) is 10.9 Å². The number of esters is 1. The summed E-state index contributed by atoms with van der Waals surface area (Å²) in [7, 11) is 2.83. The molecule has 2 aromatic carbocycles. The van der Waals surface area contributed by atoms with Crippen LogP contribution >= 0.6 is 23.2 Å². The smallest absolute Gasteiger partial charge is 0.339 e. The van der Waals surface area contributed by atoms with Crippen molar-refractivity contribution in [3.8, 4) is 24.2 Å². The van der Waals surface area contributed by atoms with Gasteiger partial charge >= 0.3 is 5.97 Å². The second kappa shape index (κ2) is 9.05. The average Bonchev–Trinajstić information content (AvgIpc) is 3.19. The van der Waals surface area contributed by atoms with E-state index in [9.17, 15) is 4.79 Å². The van der Waals surface area contributed by atoms with Crippen molar-refractivity contribution in [3.05, 3.63) is 57.2 Å². The van der Waals surface area contributed by atoms with Gasteiger partial charge in [-0.25, -0.2) is 4.79 Å². The molecular formula is C20H15Cl2N3O3. The Labute approximate surface area is 171 Å². The fraction of sp³-hybridized carbons (Fsp3) is 0.100. The molecule has 0 saturated heterocycles. The number of halogens is 2. The summed E-state index contributed by atoms with van der Waals surface area (Å²) >= 11 is 11.9. The van der Waals surface area contributed by atoms with Crippen molar-refractivity contribution in [1.82, 2.24) is 4.98 Å². The first-order chi connectivity index (χ1) is 13.4. The van der Waals surface area contributed by atoms with E-state index in [1.54, 1.807) is 19.4 Å². The van der Waals surface area contributed by atoms with E-state index in [1.807, 2.05) is 12.1 Å². The molecule has 0 aliphatic carbocycles. The zero-order valence-electron chi connectivity index (χ0n) is 15.0. The van der Waals surface area contributed by atoms with E-state index in [2.05, 4.69) is 15.6 Å². The highest BCUT2D eigenvalue weighted by molar-refractivity contribution is 6.37. The molecule has 0 spiro atoms. The lowest BCUT2D eigenvalue weighted by Gasteiger charge is -2.06. The van der Waals surface area contributed by atoms with Crippen LogP contribution in [0, 0.1) is 23.7 Å². The van der Waals surface area contributed by atoms with Gasteiger partial charge in [0.2, 0.25) is 0 Å². The number of hydrogen-bond donors (Lipinski definition) is 2. The number of nitrogens with one attached hydrogen (secondary N) is 1. The Bertz CT molecular complexity index is 1120. The molecular weight excluding hydrogens is 401 g/mol. The third-order valence-electron chi connectivity index (χ3n) is 3.81. The van der Waals surface area contributed by atoms with Crippen LogP contribution in [0.5, 0.6) is 5.75 Å². The van der Waals surface area contributed by atoms with E-state index < -0.39 is 5.97 Å². The van der Waals surface area contributed by atoms with Crippen molar-refractivity contribution in [2.75, 3.05) is 20.0 Å². The second-order valence-electron chi connectivity index (χ2n) is 5.35. The summed E-state index contributed by atoms with van der Waals surface area (Å²) < 4.78 is 9.67. The first-order valence-electron chi connectivity index (χ1n) is 7.76. The summed E-state index contributed by atoms with van der Waals surface area (Å²) in [5.41, 5.74) is 7.71. The minimum absolute atomic E-state index is 0.152. The van der Waals surface area contributed by atoms with Gasteiger partial charge in [-0.05, 0) is 18.2 Å². The number of terminal acetylenes is 1. The molecule has 0 aliphatic heterocycles. The van der Waals surface area contributed by atoms with Gasteiger partial charge < -0.3 is 20.2 Å². The van der Waals surface area contributed by atoms with Crippen molar-refractivity contribution in [2.24, 2.45) is 0 Å². The number of nitrogens with zero attached hydrogens (tertiary/aromatic N) is 1. The number of fused-ring (bicyclic) bond motifs is 1. The van der Waals surface area contributed by atoms with Gasteiger partial charge in [0.1, 0.15) is 11.8 Å². The minimum Gasteiger partial charge on any atom is -0.495 e. The molecule has 0 saturated carbocycles. The number of aromatic nitrogens is 1. The number of rotatable bonds is 2. The summed E-state index contributed by atoms with van der Waals surface area (Å²) in [5, 5.41) is 10.3. The fourth-order valence-electron chi connectivity index (χ4n) is 2.42. The highest BCUT2D eigenvalue weighted by Gasteiger charge is 2.14. The van der Waals surface area contributed by atoms with Crippen LogP contribution in [-0.2, 0) is 4.74 Å². The largest absolute Gasteiger partial charge is 0.495 e. The number of nitriles is 1. The van der Waals surface area contributed by atoms with Crippen LogP contribution in [-0.4, -0.2) is 25.2 Å². The van der Waals surface area contributed by atoms with Crippen LogP contribution in [0.15, 0.2) is 30.5 Å². The molecule has 0 amide bonds. The number of aromatic amines is 1. The Kier molecular flexibility index (Phi) is 6.79. The fourth-order valence-corrected chi connectivity index (χ4v) is 2.97. The second-order valence-corrected chi connectivity index (χ2v) is 6.10. The van der Waals surface area contributed by atoms with Crippen LogP contribution < -0.4 is 10.5 Å². The molecule has 28 heavy (non-hydrogen) atoms. The summed E-state index contributed by atoms with van der Waals surface area (Å²) in [6, 6.07) is 8.47.